The third-order valence-electron chi connectivity index (χ3n) is 2.16. The van der Waals surface area contributed by atoms with Crippen molar-refractivity contribution < 1.29 is 13.2 Å². The Balaban J connectivity index is 2.61. The Hall–Kier alpha value is -2.12. The van der Waals surface area contributed by atoms with Crippen LogP contribution in [0.5, 0.6) is 0 Å². The minimum atomic E-state index is -4.56. The number of aryl methyl sites for hydroxylation is 1. The Labute approximate surface area is 92.9 Å². The van der Waals surface area contributed by atoms with E-state index in [9.17, 15) is 18.0 Å². The van der Waals surface area contributed by atoms with Crippen LogP contribution in [-0.4, -0.2) is 20.0 Å². The minimum absolute atomic E-state index is 0.0253. The van der Waals surface area contributed by atoms with Crippen molar-refractivity contribution in [1.82, 2.24) is 20.0 Å². The van der Waals surface area contributed by atoms with Crippen LogP contribution >= 0.6 is 0 Å². The van der Waals surface area contributed by atoms with Gasteiger partial charge in [0.2, 0.25) is 5.56 Å². The number of alkyl halides is 3. The van der Waals surface area contributed by atoms with Gasteiger partial charge in [0.15, 0.2) is 0 Å². The molecule has 8 heteroatoms. The van der Waals surface area contributed by atoms with Crippen LogP contribution in [-0.2, 0) is 13.2 Å². The molecule has 0 aliphatic carbocycles. The van der Waals surface area contributed by atoms with Crippen molar-refractivity contribution in [3.8, 4) is 11.4 Å². The zero-order valence-corrected chi connectivity index (χ0v) is 8.62. The number of halogens is 3. The molecule has 0 aliphatic rings. The lowest BCUT2D eigenvalue weighted by Crippen LogP contribution is -2.14. The lowest BCUT2D eigenvalue weighted by atomic mass is 10.2. The Morgan fingerprint density at radius 1 is 1.35 bits per heavy atom. The fourth-order valence-electron chi connectivity index (χ4n) is 1.38. The number of pyridine rings is 1. The van der Waals surface area contributed by atoms with Gasteiger partial charge in [0, 0.05) is 13.1 Å². The summed E-state index contributed by atoms with van der Waals surface area (Å²) in [5, 5.41) is 7.11. The molecule has 2 rings (SSSR count). The van der Waals surface area contributed by atoms with E-state index in [0.717, 1.165) is 6.07 Å². The number of H-pyrrole nitrogens is 1. The number of hydrogen-bond donors (Lipinski definition) is 1. The number of rotatable bonds is 1. The smallest absolute Gasteiger partial charge is 0.321 e. The minimum Gasteiger partial charge on any atom is -0.321 e. The first kappa shape index (κ1) is 11.4. The quantitative estimate of drug-likeness (QED) is 0.819. The van der Waals surface area contributed by atoms with Gasteiger partial charge < -0.3 is 4.98 Å². The average Bonchev–Trinajstić information content (AvgIpc) is 2.62. The Bertz CT molecular complexity index is 599. The molecule has 0 aromatic carbocycles. The normalized spacial score (nSPS) is 11.8. The van der Waals surface area contributed by atoms with Crippen LogP contribution in [0.3, 0.4) is 0 Å². The van der Waals surface area contributed by atoms with Gasteiger partial charge in [-0.2, -0.15) is 13.2 Å². The molecule has 0 spiro atoms. The summed E-state index contributed by atoms with van der Waals surface area (Å²) in [7, 11) is 1.51. The molecule has 5 nitrogen and oxygen atoms in total. The highest BCUT2D eigenvalue weighted by atomic mass is 19.4. The van der Waals surface area contributed by atoms with E-state index in [1.165, 1.54) is 17.9 Å². The van der Waals surface area contributed by atoms with Gasteiger partial charge in [-0.25, -0.2) is 4.68 Å². The van der Waals surface area contributed by atoms with Gasteiger partial charge in [-0.05, 0) is 6.07 Å². The molecular formula is C9H7F3N4O. The van der Waals surface area contributed by atoms with Crippen molar-refractivity contribution in [3.63, 3.8) is 0 Å². The standard InChI is InChI=1S/C9H7F3N4O/c1-16-7(4-13-15-16)6-2-5(9(10,11)12)3-8(17)14-6/h2-4H,1H3,(H,14,17). The van der Waals surface area contributed by atoms with Gasteiger partial charge >= 0.3 is 6.18 Å². The maximum absolute atomic E-state index is 12.5. The van der Waals surface area contributed by atoms with E-state index >= 15 is 0 Å². The second-order valence-electron chi connectivity index (χ2n) is 3.39. The predicted octanol–water partition coefficient (Wildman–Crippen LogP) is 1.19. The summed E-state index contributed by atoms with van der Waals surface area (Å²) in [6, 6.07) is 1.35. The SMILES string of the molecule is Cn1nncc1-c1cc(C(F)(F)F)cc(=O)[nH]1. The van der Waals surface area contributed by atoms with Gasteiger partial charge in [-0.1, -0.05) is 5.21 Å². The average molecular weight is 244 g/mol. The van der Waals surface area contributed by atoms with E-state index < -0.39 is 17.3 Å². The molecule has 0 saturated heterocycles. The summed E-state index contributed by atoms with van der Waals surface area (Å²) < 4.78 is 38.8. The first-order valence-electron chi connectivity index (χ1n) is 4.54. The molecule has 0 saturated carbocycles. The van der Waals surface area contributed by atoms with Crippen molar-refractivity contribution in [2.75, 3.05) is 0 Å². The lowest BCUT2D eigenvalue weighted by molar-refractivity contribution is -0.137. The van der Waals surface area contributed by atoms with Crippen LogP contribution in [0.1, 0.15) is 5.56 Å². The maximum atomic E-state index is 12.5. The summed E-state index contributed by atoms with van der Waals surface area (Å²) in [5.41, 5.74) is -1.50. The van der Waals surface area contributed by atoms with E-state index in [1.807, 2.05) is 0 Å². The van der Waals surface area contributed by atoms with E-state index in [4.69, 9.17) is 0 Å². The lowest BCUT2D eigenvalue weighted by Gasteiger charge is -2.07. The number of aromatic amines is 1. The third kappa shape index (κ3) is 2.19. The van der Waals surface area contributed by atoms with Crippen LogP contribution in [0.25, 0.3) is 11.4 Å². The van der Waals surface area contributed by atoms with Crippen LogP contribution < -0.4 is 5.56 Å². The van der Waals surface area contributed by atoms with E-state index in [-0.39, 0.29) is 5.69 Å². The number of aromatic nitrogens is 4. The van der Waals surface area contributed by atoms with E-state index in [0.29, 0.717) is 11.8 Å². The van der Waals surface area contributed by atoms with Gasteiger partial charge in [0.25, 0.3) is 0 Å². The highest BCUT2D eigenvalue weighted by Crippen LogP contribution is 2.29. The summed E-state index contributed by atoms with van der Waals surface area (Å²) >= 11 is 0. The predicted molar refractivity (Wildman–Crippen MR) is 52.1 cm³/mol. The molecule has 2 aromatic rings. The Morgan fingerprint density at radius 3 is 2.59 bits per heavy atom. The topological polar surface area (TPSA) is 63.6 Å². The Kier molecular flexibility index (Phi) is 2.49. The van der Waals surface area contributed by atoms with Crippen molar-refractivity contribution in [3.05, 3.63) is 34.2 Å². The molecule has 0 amide bonds. The largest absolute Gasteiger partial charge is 0.416 e. The number of hydrogen-bond acceptors (Lipinski definition) is 3. The first-order valence-corrected chi connectivity index (χ1v) is 4.54. The molecule has 0 aliphatic heterocycles. The van der Waals surface area contributed by atoms with Gasteiger partial charge in [0.05, 0.1) is 17.5 Å². The second-order valence-corrected chi connectivity index (χ2v) is 3.39. The van der Waals surface area contributed by atoms with E-state index in [2.05, 4.69) is 15.3 Å². The molecule has 90 valence electrons. The number of nitrogens with zero attached hydrogens (tertiary/aromatic N) is 3. The van der Waals surface area contributed by atoms with Crippen molar-refractivity contribution in [1.29, 1.82) is 0 Å². The fourth-order valence-corrected chi connectivity index (χ4v) is 1.38. The number of nitrogens with one attached hydrogen (secondary N) is 1. The second kappa shape index (κ2) is 3.72. The summed E-state index contributed by atoms with van der Waals surface area (Å²) in [4.78, 5) is 13.5. The summed E-state index contributed by atoms with van der Waals surface area (Å²) in [6.07, 6.45) is -3.29. The molecule has 2 heterocycles. The molecule has 0 bridgehead atoms. The first-order chi connectivity index (χ1) is 7.88. The van der Waals surface area contributed by atoms with Crippen molar-refractivity contribution in [2.24, 2.45) is 7.05 Å². The highest BCUT2D eigenvalue weighted by molar-refractivity contribution is 5.53. The fraction of sp³-hybridized carbons (Fsp3) is 0.222. The third-order valence-corrected chi connectivity index (χ3v) is 2.16. The summed E-state index contributed by atoms with van der Waals surface area (Å²) in [5.74, 6) is 0. The van der Waals surface area contributed by atoms with Gasteiger partial charge in [-0.15, -0.1) is 5.10 Å². The summed E-state index contributed by atoms with van der Waals surface area (Å²) in [6.45, 7) is 0. The van der Waals surface area contributed by atoms with Crippen molar-refractivity contribution >= 4 is 0 Å². The zero-order chi connectivity index (χ0) is 12.6. The Morgan fingerprint density at radius 2 is 2.06 bits per heavy atom. The molecule has 0 atom stereocenters. The zero-order valence-electron chi connectivity index (χ0n) is 8.62. The van der Waals surface area contributed by atoms with Crippen LogP contribution in [0.15, 0.2) is 23.1 Å². The molecule has 0 unspecified atom stereocenters. The molecule has 2 aromatic heterocycles. The van der Waals surface area contributed by atoms with Crippen LogP contribution in [0.4, 0.5) is 13.2 Å². The molecular weight excluding hydrogens is 237 g/mol. The monoisotopic (exact) mass is 244 g/mol. The highest BCUT2D eigenvalue weighted by Gasteiger charge is 2.31. The molecule has 0 radical (unpaired) electrons. The molecule has 1 N–H and O–H groups in total. The maximum Gasteiger partial charge on any atom is 0.416 e. The van der Waals surface area contributed by atoms with Crippen LogP contribution in [0.2, 0.25) is 0 Å². The van der Waals surface area contributed by atoms with Gasteiger partial charge in [0.1, 0.15) is 5.69 Å². The van der Waals surface area contributed by atoms with Gasteiger partial charge in [-0.3, -0.25) is 4.79 Å². The van der Waals surface area contributed by atoms with Crippen molar-refractivity contribution in [2.45, 2.75) is 6.18 Å². The van der Waals surface area contributed by atoms with E-state index in [1.54, 1.807) is 0 Å². The van der Waals surface area contributed by atoms with Crippen LogP contribution in [0, 0.1) is 0 Å². The molecule has 17 heavy (non-hydrogen) atoms. The molecule has 0 fully saturated rings.